The van der Waals surface area contributed by atoms with Gasteiger partial charge in [0.1, 0.15) is 11.5 Å². The molecule has 0 aliphatic carbocycles. The quantitative estimate of drug-likeness (QED) is 0.435. The molecule has 0 radical (unpaired) electrons. The molecule has 4 heteroatoms. The molecular formula is C12H19N3S. The second-order valence-electron chi connectivity index (χ2n) is 3.72. The van der Waals surface area contributed by atoms with Gasteiger partial charge in [-0.15, -0.1) is 0 Å². The zero-order valence-electron chi connectivity index (χ0n) is 9.70. The standard InChI is InChI=1S/C12H19N3S/c1-2-3-4-7-16-9-10-5-6-15-11(8-10)12(13)14/h5-6,8H,2-4,7,9H2,1H3,(H3,13,14). The first-order valence-corrected chi connectivity index (χ1v) is 6.76. The third-order valence-corrected chi connectivity index (χ3v) is 3.38. The first-order valence-electron chi connectivity index (χ1n) is 5.61. The smallest absolute Gasteiger partial charge is 0.141 e. The highest BCUT2D eigenvalue weighted by Crippen LogP contribution is 2.14. The lowest BCUT2D eigenvalue weighted by Crippen LogP contribution is -2.13. The van der Waals surface area contributed by atoms with Crippen molar-refractivity contribution in [1.82, 2.24) is 4.98 Å². The van der Waals surface area contributed by atoms with Gasteiger partial charge in [-0.25, -0.2) is 0 Å². The fraction of sp³-hybridized carbons (Fsp3) is 0.500. The third kappa shape index (κ3) is 4.66. The number of unbranched alkanes of at least 4 members (excludes halogenated alkanes) is 2. The van der Waals surface area contributed by atoms with E-state index in [1.165, 1.54) is 30.6 Å². The molecule has 0 saturated heterocycles. The van der Waals surface area contributed by atoms with E-state index in [1.807, 2.05) is 23.9 Å². The van der Waals surface area contributed by atoms with Crippen LogP contribution in [0, 0.1) is 5.41 Å². The lowest BCUT2D eigenvalue weighted by Gasteiger charge is -2.03. The molecule has 0 aromatic carbocycles. The van der Waals surface area contributed by atoms with Gasteiger partial charge in [-0.05, 0) is 29.9 Å². The summed E-state index contributed by atoms with van der Waals surface area (Å²) in [6.07, 6.45) is 5.58. The van der Waals surface area contributed by atoms with Gasteiger partial charge in [-0.1, -0.05) is 19.8 Å². The maximum absolute atomic E-state index is 7.31. The van der Waals surface area contributed by atoms with E-state index < -0.39 is 0 Å². The number of nitrogens with one attached hydrogen (secondary N) is 1. The molecule has 1 aromatic rings. The first kappa shape index (κ1) is 13.0. The molecule has 1 aromatic heterocycles. The second-order valence-corrected chi connectivity index (χ2v) is 4.83. The predicted molar refractivity (Wildman–Crippen MR) is 70.9 cm³/mol. The highest BCUT2D eigenvalue weighted by Gasteiger charge is 2.00. The van der Waals surface area contributed by atoms with Crippen LogP contribution >= 0.6 is 11.8 Å². The fourth-order valence-electron chi connectivity index (χ4n) is 1.36. The van der Waals surface area contributed by atoms with E-state index in [1.54, 1.807) is 6.20 Å². The number of rotatable bonds is 7. The van der Waals surface area contributed by atoms with Crippen molar-refractivity contribution in [2.75, 3.05) is 5.75 Å². The maximum atomic E-state index is 7.31. The van der Waals surface area contributed by atoms with Gasteiger partial charge < -0.3 is 5.73 Å². The molecule has 0 fully saturated rings. The van der Waals surface area contributed by atoms with E-state index in [0.29, 0.717) is 5.69 Å². The van der Waals surface area contributed by atoms with E-state index in [0.717, 1.165) is 5.75 Å². The lowest BCUT2D eigenvalue weighted by molar-refractivity contribution is 0.778. The fourth-order valence-corrected chi connectivity index (χ4v) is 2.32. The van der Waals surface area contributed by atoms with Crippen molar-refractivity contribution in [2.45, 2.75) is 31.9 Å². The van der Waals surface area contributed by atoms with Crippen molar-refractivity contribution in [2.24, 2.45) is 5.73 Å². The molecule has 3 N–H and O–H groups in total. The number of nitrogens with zero attached hydrogens (tertiary/aromatic N) is 1. The van der Waals surface area contributed by atoms with Crippen molar-refractivity contribution in [3.63, 3.8) is 0 Å². The van der Waals surface area contributed by atoms with E-state index in [9.17, 15) is 0 Å². The summed E-state index contributed by atoms with van der Waals surface area (Å²) in [4.78, 5) is 4.04. The summed E-state index contributed by atoms with van der Waals surface area (Å²) in [7, 11) is 0. The number of nitrogens with two attached hydrogens (primary N) is 1. The largest absolute Gasteiger partial charge is 0.382 e. The Bertz CT molecular complexity index is 339. The minimum atomic E-state index is 0.0397. The van der Waals surface area contributed by atoms with Crippen LogP contribution in [0.1, 0.15) is 37.4 Å². The Morgan fingerprint density at radius 1 is 1.50 bits per heavy atom. The van der Waals surface area contributed by atoms with Gasteiger partial charge in [-0.3, -0.25) is 10.4 Å². The monoisotopic (exact) mass is 237 g/mol. The third-order valence-electron chi connectivity index (χ3n) is 2.26. The summed E-state index contributed by atoms with van der Waals surface area (Å²) < 4.78 is 0. The SMILES string of the molecule is CCCCCSCc1ccnc(C(=N)N)c1. The molecule has 1 rings (SSSR count). The van der Waals surface area contributed by atoms with Gasteiger partial charge in [0, 0.05) is 11.9 Å². The van der Waals surface area contributed by atoms with Crippen LogP contribution in [-0.4, -0.2) is 16.6 Å². The predicted octanol–water partition coefficient (Wildman–Crippen LogP) is 2.79. The number of amidine groups is 1. The van der Waals surface area contributed by atoms with Crippen LogP contribution in [-0.2, 0) is 5.75 Å². The Labute approximate surface area is 101 Å². The van der Waals surface area contributed by atoms with Crippen LogP contribution in [0.5, 0.6) is 0 Å². The topological polar surface area (TPSA) is 62.8 Å². The summed E-state index contributed by atoms with van der Waals surface area (Å²) in [5.74, 6) is 2.22. The molecule has 88 valence electrons. The van der Waals surface area contributed by atoms with Crippen molar-refractivity contribution in [3.8, 4) is 0 Å². The van der Waals surface area contributed by atoms with Gasteiger partial charge in [0.15, 0.2) is 0 Å². The molecule has 0 spiro atoms. The molecule has 0 atom stereocenters. The van der Waals surface area contributed by atoms with Crippen LogP contribution in [0.4, 0.5) is 0 Å². The molecular weight excluding hydrogens is 218 g/mol. The molecule has 0 amide bonds. The Kier molecular flexibility index (Phi) is 5.93. The zero-order chi connectivity index (χ0) is 11.8. The van der Waals surface area contributed by atoms with Crippen LogP contribution < -0.4 is 5.73 Å². The van der Waals surface area contributed by atoms with Crippen molar-refractivity contribution >= 4 is 17.6 Å². The van der Waals surface area contributed by atoms with Crippen molar-refractivity contribution in [3.05, 3.63) is 29.6 Å². The Morgan fingerprint density at radius 3 is 3.00 bits per heavy atom. The van der Waals surface area contributed by atoms with E-state index in [2.05, 4.69) is 11.9 Å². The number of hydrogen-bond acceptors (Lipinski definition) is 3. The van der Waals surface area contributed by atoms with Gasteiger partial charge in [0.2, 0.25) is 0 Å². The number of hydrogen-bond donors (Lipinski definition) is 2. The normalized spacial score (nSPS) is 10.3. The summed E-state index contributed by atoms with van der Waals surface area (Å²) >= 11 is 1.93. The van der Waals surface area contributed by atoms with E-state index in [-0.39, 0.29) is 5.84 Å². The minimum absolute atomic E-state index is 0.0397. The maximum Gasteiger partial charge on any atom is 0.141 e. The molecule has 0 aliphatic heterocycles. The highest BCUT2D eigenvalue weighted by atomic mass is 32.2. The van der Waals surface area contributed by atoms with Crippen LogP contribution in [0.3, 0.4) is 0 Å². The van der Waals surface area contributed by atoms with E-state index in [4.69, 9.17) is 11.1 Å². The van der Waals surface area contributed by atoms with Gasteiger partial charge in [0.05, 0.1) is 0 Å². The minimum Gasteiger partial charge on any atom is -0.382 e. The van der Waals surface area contributed by atoms with Gasteiger partial charge in [0.25, 0.3) is 0 Å². The second kappa shape index (κ2) is 7.28. The summed E-state index contributed by atoms with van der Waals surface area (Å²) in [5.41, 5.74) is 7.16. The molecule has 0 bridgehead atoms. The molecule has 16 heavy (non-hydrogen) atoms. The van der Waals surface area contributed by atoms with Crippen molar-refractivity contribution in [1.29, 1.82) is 5.41 Å². The van der Waals surface area contributed by atoms with E-state index >= 15 is 0 Å². The molecule has 0 unspecified atom stereocenters. The Balaban J connectivity index is 2.36. The molecule has 3 nitrogen and oxygen atoms in total. The van der Waals surface area contributed by atoms with Gasteiger partial charge >= 0.3 is 0 Å². The molecule has 1 heterocycles. The Morgan fingerprint density at radius 2 is 2.31 bits per heavy atom. The summed E-state index contributed by atoms with van der Waals surface area (Å²) in [5, 5.41) is 7.31. The average molecular weight is 237 g/mol. The summed E-state index contributed by atoms with van der Waals surface area (Å²) in [6.45, 7) is 2.21. The number of aromatic nitrogens is 1. The number of thioether (sulfide) groups is 1. The average Bonchev–Trinajstić information content (AvgIpc) is 2.29. The number of nitrogen functional groups attached to an aromatic ring is 1. The van der Waals surface area contributed by atoms with Crippen LogP contribution in [0.15, 0.2) is 18.3 Å². The Hall–Kier alpha value is -1.03. The zero-order valence-corrected chi connectivity index (χ0v) is 10.5. The number of pyridine rings is 1. The van der Waals surface area contributed by atoms with Crippen LogP contribution in [0.2, 0.25) is 0 Å². The molecule has 0 aliphatic rings. The van der Waals surface area contributed by atoms with Crippen molar-refractivity contribution < 1.29 is 0 Å². The highest BCUT2D eigenvalue weighted by molar-refractivity contribution is 7.98. The van der Waals surface area contributed by atoms with Gasteiger partial charge in [-0.2, -0.15) is 11.8 Å². The van der Waals surface area contributed by atoms with Crippen LogP contribution in [0.25, 0.3) is 0 Å². The first-order chi connectivity index (χ1) is 7.74. The summed E-state index contributed by atoms with van der Waals surface area (Å²) in [6, 6.07) is 3.88. The lowest BCUT2D eigenvalue weighted by atomic mass is 10.2. The molecule has 0 saturated carbocycles.